The molecule has 3 fully saturated rings. The summed E-state index contributed by atoms with van der Waals surface area (Å²) in [5.41, 5.74) is 0. The van der Waals surface area contributed by atoms with Crippen LogP contribution in [0.3, 0.4) is 0 Å². The molecular formula is C13H21NO2. The van der Waals surface area contributed by atoms with Crippen molar-refractivity contribution in [1.29, 1.82) is 0 Å². The van der Waals surface area contributed by atoms with Crippen LogP contribution in [0, 0.1) is 5.92 Å². The average Bonchev–Trinajstić information content (AvgIpc) is 2.69. The van der Waals surface area contributed by atoms with Crippen LogP contribution in [-0.4, -0.2) is 42.5 Å². The molecule has 1 saturated carbocycles. The molecule has 0 spiro atoms. The highest BCUT2D eigenvalue weighted by Crippen LogP contribution is 2.31. The van der Waals surface area contributed by atoms with E-state index in [1.807, 2.05) is 0 Å². The standard InChI is InChI=1S/C13H21NO2/c15-12(7-10-3-1-4-10)13-8-14-6-2-5-11(14)9-16-13/h10-11,13H,1-9H2. The van der Waals surface area contributed by atoms with Crippen molar-refractivity contribution in [3.8, 4) is 0 Å². The van der Waals surface area contributed by atoms with E-state index in [0.717, 1.165) is 19.6 Å². The molecule has 16 heavy (non-hydrogen) atoms. The Morgan fingerprint density at radius 2 is 2.12 bits per heavy atom. The predicted molar refractivity (Wildman–Crippen MR) is 61.3 cm³/mol. The smallest absolute Gasteiger partial charge is 0.163 e. The molecule has 0 bridgehead atoms. The first kappa shape index (κ1) is 10.7. The number of Topliss-reactive ketones (excluding diaryl/α,β-unsaturated/α-hetero) is 1. The van der Waals surface area contributed by atoms with Crippen LogP contribution in [0.5, 0.6) is 0 Å². The van der Waals surface area contributed by atoms with Crippen molar-refractivity contribution in [1.82, 2.24) is 4.90 Å². The van der Waals surface area contributed by atoms with Crippen LogP contribution < -0.4 is 0 Å². The number of rotatable bonds is 3. The predicted octanol–water partition coefficient (Wildman–Crippen LogP) is 1.61. The Kier molecular flexibility index (Phi) is 2.99. The topological polar surface area (TPSA) is 29.5 Å². The van der Waals surface area contributed by atoms with Gasteiger partial charge in [0, 0.05) is 19.0 Å². The van der Waals surface area contributed by atoms with E-state index in [2.05, 4.69) is 4.90 Å². The minimum Gasteiger partial charge on any atom is -0.367 e. The lowest BCUT2D eigenvalue weighted by Crippen LogP contribution is -2.49. The van der Waals surface area contributed by atoms with Gasteiger partial charge in [-0.2, -0.15) is 0 Å². The highest BCUT2D eigenvalue weighted by atomic mass is 16.5. The highest BCUT2D eigenvalue weighted by molar-refractivity contribution is 5.83. The second kappa shape index (κ2) is 4.46. The summed E-state index contributed by atoms with van der Waals surface area (Å²) >= 11 is 0. The van der Waals surface area contributed by atoms with Crippen LogP contribution in [-0.2, 0) is 9.53 Å². The Balaban J connectivity index is 1.52. The van der Waals surface area contributed by atoms with Gasteiger partial charge in [0.2, 0.25) is 0 Å². The molecule has 0 N–H and O–H groups in total. The van der Waals surface area contributed by atoms with Crippen molar-refractivity contribution in [2.24, 2.45) is 5.92 Å². The molecule has 2 unspecified atom stereocenters. The molecule has 3 nitrogen and oxygen atoms in total. The number of ketones is 1. The van der Waals surface area contributed by atoms with Gasteiger partial charge in [-0.1, -0.05) is 19.3 Å². The molecule has 0 aromatic heterocycles. The summed E-state index contributed by atoms with van der Waals surface area (Å²) in [6.07, 6.45) is 7.01. The fourth-order valence-corrected chi connectivity index (χ4v) is 3.12. The van der Waals surface area contributed by atoms with Gasteiger partial charge >= 0.3 is 0 Å². The highest BCUT2D eigenvalue weighted by Gasteiger charge is 2.36. The van der Waals surface area contributed by atoms with E-state index in [9.17, 15) is 4.79 Å². The first-order chi connectivity index (χ1) is 7.83. The summed E-state index contributed by atoms with van der Waals surface area (Å²) in [7, 11) is 0. The van der Waals surface area contributed by atoms with Crippen molar-refractivity contribution in [3.63, 3.8) is 0 Å². The van der Waals surface area contributed by atoms with Crippen molar-refractivity contribution in [3.05, 3.63) is 0 Å². The zero-order valence-electron chi connectivity index (χ0n) is 9.86. The third-order valence-electron chi connectivity index (χ3n) is 4.46. The number of hydrogen-bond donors (Lipinski definition) is 0. The second-order valence-corrected chi connectivity index (χ2v) is 5.58. The van der Waals surface area contributed by atoms with E-state index in [4.69, 9.17) is 4.74 Å². The number of nitrogens with zero attached hydrogens (tertiary/aromatic N) is 1. The Morgan fingerprint density at radius 1 is 1.25 bits per heavy atom. The molecule has 2 saturated heterocycles. The summed E-state index contributed by atoms with van der Waals surface area (Å²) in [4.78, 5) is 14.5. The summed E-state index contributed by atoms with van der Waals surface area (Å²) in [5.74, 6) is 1.03. The number of fused-ring (bicyclic) bond motifs is 1. The first-order valence-electron chi connectivity index (χ1n) is 6.71. The molecule has 3 heteroatoms. The molecular weight excluding hydrogens is 202 g/mol. The van der Waals surface area contributed by atoms with E-state index < -0.39 is 0 Å². The number of hydrogen-bond acceptors (Lipinski definition) is 3. The fraction of sp³-hybridized carbons (Fsp3) is 0.923. The molecule has 2 heterocycles. The van der Waals surface area contributed by atoms with Crippen LogP contribution in [0.15, 0.2) is 0 Å². The van der Waals surface area contributed by atoms with E-state index in [1.54, 1.807) is 0 Å². The van der Waals surface area contributed by atoms with Gasteiger partial charge in [0.05, 0.1) is 6.61 Å². The second-order valence-electron chi connectivity index (χ2n) is 5.58. The molecule has 2 aliphatic heterocycles. The minimum atomic E-state index is -0.116. The SMILES string of the molecule is O=C(CC1CCC1)C1CN2CCCC2CO1. The van der Waals surface area contributed by atoms with Gasteiger partial charge < -0.3 is 4.74 Å². The lowest BCUT2D eigenvalue weighted by molar-refractivity contribution is -0.139. The molecule has 90 valence electrons. The quantitative estimate of drug-likeness (QED) is 0.728. The van der Waals surface area contributed by atoms with Crippen LogP contribution >= 0.6 is 0 Å². The minimum absolute atomic E-state index is 0.116. The molecule has 0 aromatic rings. The Hall–Kier alpha value is -0.410. The lowest BCUT2D eigenvalue weighted by Gasteiger charge is -2.35. The molecule has 0 aromatic carbocycles. The van der Waals surface area contributed by atoms with Gasteiger partial charge in [0.15, 0.2) is 5.78 Å². The largest absolute Gasteiger partial charge is 0.367 e. The van der Waals surface area contributed by atoms with Crippen LogP contribution in [0.1, 0.15) is 38.5 Å². The van der Waals surface area contributed by atoms with Crippen LogP contribution in [0.4, 0.5) is 0 Å². The van der Waals surface area contributed by atoms with Crippen molar-refractivity contribution in [2.45, 2.75) is 50.7 Å². The van der Waals surface area contributed by atoms with E-state index in [1.165, 1.54) is 38.6 Å². The molecule has 2 atom stereocenters. The summed E-state index contributed by atoms with van der Waals surface area (Å²) in [6.45, 7) is 2.80. The molecule has 0 amide bonds. The normalized spacial score (nSPS) is 35.8. The average molecular weight is 223 g/mol. The van der Waals surface area contributed by atoms with Crippen molar-refractivity contribution >= 4 is 5.78 Å². The van der Waals surface area contributed by atoms with Gasteiger partial charge in [-0.25, -0.2) is 0 Å². The van der Waals surface area contributed by atoms with Gasteiger partial charge in [-0.3, -0.25) is 9.69 Å². The fourth-order valence-electron chi connectivity index (χ4n) is 3.12. The third kappa shape index (κ3) is 2.03. The Morgan fingerprint density at radius 3 is 2.88 bits per heavy atom. The van der Waals surface area contributed by atoms with E-state index >= 15 is 0 Å². The summed E-state index contributed by atoms with van der Waals surface area (Å²) in [6, 6.07) is 0.604. The van der Waals surface area contributed by atoms with E-state index in [0.29, 0.717) is 17.7 Å². The maximum absolute atomic E-state index is 12.0. The van der Waals surface area contributed by atoms with Gasteiger partial charge in [0.25, 0.3) is 0 Å². The molecule has 3 rings (SSSR count). The first-order valence-corrected chi connectivity index (χ1v) is 6.71. The Labute approximate surface area is 97.1 Å². The van der Waals surface area contributed by atoms with Crippen LogP contribution in [0.25, 0.3) is 0 Å². The lowest BCUT2D eigenvalue weighted by atomic mass is 9.81. The third-order valence-corrected chi connectivity index (χ3v) is 4.46. The number of morpholine rings is 1. The molecule has 0 radical (unpaired) electrons. The number of carbonyl (C=O) groups excluding carboxylic acids is 1. The number of carbonyl (C=O) groups is 1. The zero-order chi connectivity index (χ0) is 11.0. The maximum Gasteiger partial charge on any atom is 0.163 e. The molecule has 1 aliphatic carbocycles. The summed E-state index contributed by atoms with van der Waals surface area (Å²) in [5, 5.41) is 0. The van der Waals surface area contributed by atoms with Gasteiger partial charge in [-0.05, 0) is 25.3 Å². The van der Waals surface area contributed by atoms with Crippen molar-refractivity contribution in [2.75, 3.05) is 19.7 Å². The van der Waals surface area contributed by atoms with Crippen LogP contribution in [0.2, 0.25) is 0 Å². The zero-order valence-corrected chi connectivity index (χ0v) is 9.86. The van der Waals surface area contributed by atoms with Gasteiger partial charge in [0.1, 0.15) is 6.10 Å². The van der Waals surface area contributed by atoms with E-state index in [-0.39, 0.29) is 6.10 Å². The number of ether oxygens (including phenoxy) is 1. The summed E-state index contributed by atoms with van der Waals surface area (Å²) < 4.78 is 5.73. The monoisotopic (exact) mass is 223 g/mol. The van der Waals surface area contributed by atoms with Crippen molar-refractivity contribution < 1.29 is 9.53 Å². The van der Waals surface area contributed by atoms with Gasteiger partial charge in [-0.15, -0.1) is 0 Å². The molecule has 3 aliphatic rings. The maximum atomic E-state index is 12.0. The Bertz CT molecular complexity index is 275.